The van der Waals surface area contributed by atoms with Crippen LogP contribution in [0.25, 0.3) is 11.3 Å². The van der Waals surface area contributed by atoms with Crippen molar-refractivity contribution in [3.63, 3.8) is 0 Å². The highest BCUT2D eigenvalue weighted by atomic mass is 16.5. The Morgan fingerprint density at radius 2 is 1.93 bits per heavy atom. The monoisotopic (exact) mass is 377 g/mol. The maximum atomic E-state index is 13.1. The molecule has 1 fully saturated rings. The average molecular weight is 377 g/mol. The van der Waals surface area contributed by atoms with Crippen LogP contribution in [0.5, 0.6) is 5.75 Å². The maximum Gasteiger partial charge on any atom is 0.325 e. The molecule has 0 bridgehead atoms. The second-order valence-electron chi connectivity index (χ2n) is 6.66. The topological polar surface area (TPSA) is 84.7 Å². The number of hydrogen-bond donors (Lipinski definition) is 1. The summed E-state index contributed by atoms with van der Waals surface area (Å²) in [6.45, 7) is 1.63. The SMILES string of the molecule is COc1cccc([C@@]2(C)NC(=O)N(Cc3ncc(-c4ccccc4)o3)C2=O)c1. The molecule has 1 aliphatic heterocycles. The molecule has 1 N–H and O–H groups in total. The van der Waals surface area contributed by atoms with Crippen LogP contribution in [0.1, 0.15) is 18.4 Å². The molecule has 1 aliphatic rings. The van der Waals surface area contributed by atoms with E-state index in [2.05, 4.69) is 10.3 Å². The van der Waals surface area contributed by atoms with Crippen molar-refractivity contribution in [3.05, 3.63) is 72.2 Å². The molecule has 2 aromatic carbocycles. The molecule has 7 nitrogen and oxygen atoms in total. The van der Waals surface area contributed by atoms with Crippen LogP contribution in [0.15, 0.2) is 65.2 Å². The molecule has 0 spiro atoms. The van der Waals surface area contributed by atoms with Crippen molar-refractivity contribution in [2.24, 2.45) is 0 Å². The van der Waals surface area contributed by atoms with E-state index < -0.39 is 11.6 Å². The van der Waals surface area contributed by atoms with Gasteiger partial charge < -0.3 is 14.5 Å². The van der Waals surface area contributed by atoms with E-state index in [0.717, 1.165) is 10.5 Å². The van der Waals surface area contributed by atoms with Gasteiger partial charge in [-0.25, -0.2) is 9.78 Å². The quantitative estimate of drug-likeness (QED) is 0.690. The van der Waals surface area contributed by atoms with Crippen LogP contribution in [0, 0.1) is 0 Å². The number of methoxy groups -OCH3 is 1. The highest BCUT2D eigenvalue weighted by Gasteiger charge is 2.49. The highest BCUT2D eigenvalue weighted by Crippen LogP contribution is 2.32. The first-order valence-electron chi connectivity index (χ1n) is 8.80. The predicted molar refractivity (Wildman–Crippen MR) is 101 cm³/mol. The fourth-order valence-corrected chi connectivity index (χ4v) is 3.22. The minimum absolute atomic E-state index is 0.0446. The summed E-state index contributed by atoms with van der Waals surface area (Å²) in [4.78, 5) is 30.9. The summed E-state index contributed by atoms with van der Waals surface area (Å²) in [5.41, 5.74) is 0.338. The number of urea groups is 1. The van der Waals surface area contributed by atoms with Gasteiger partial charge in [-0.2, -0.15) is 0 Å². The highest BCUT2D eigenvalue weighted by molar-refractivity contribution is 6.07. The van der Waals surface area contributed by atoms with Crippen molar-refractivity contribution in [1.82, 2.24) is 15.2 Å². The molecule has 3 aromatic rings. The molecule has 2 heterocycles. The third-order valence-corrected chi connectivity index (χ3v) is 4.83. The molecule has 0 aliphatic carbocycles. The molecule has 3 amide bonds. The Kier molecular flexibility index (Phi) is 4.35. The average Bonchev–Trinajstić information content (AvgIpc) is 3.28. The van der Waals surface area contributed by atoms with E-state index in [1.54, 1.807) is 44.5 Å². The first-order chi connectivity index (χ1) is 13.5. The lowest BCUT2D eigenvalue weighted by molar-refractivity contribution is -0.131. The number of imide groups is 1. The smallest absolute Gasteiger partial charge is 0.325 e. The number of nitrogens with one attached hydrogen (secondary N) is 1. The number of ether oxygens (including phenoxy) is 1. The number of hydrogen-bond acceptors (Lipinski definition) is 5. The Labute approximate surface area is 161 Å². The van der Waals surface area contributed by atoms with E-state index in [9.17, 15) is 9.59 Å². The van der Waals surface area contributed by atoms with Crippen molar-refractivity contribution in [2.75, 3.05) is 7.11 Å². The Morgan fingerprint density at radius 3 is 2.68 bits per heavy atom. The van der Waals surface area contributed by atoms with Crippen LogP contribution in [0.3, 0.4) is 0 Å². The van der Waals surface area contributed by atoms with Crippen LogP contribution >= 0.6 is 0 Å². The third kappa shape index (κ3) is 3.00. The zero-order valence-electron chi connectivity index (χ0n) is 15.5. The van der Waals surface area contributed by atoms with Crippen LogP contribution in [-0.4, -0.2) is 28.9 Å². The largest absolute Gasteiger partial charge is 0.497 e. The van der Waals surface area contributed by atoms with Gasteiger partial charge in [0, 0.05) is 5.56 Å². The Hall–Kier alpha value is -3.61. The number of rotatable bonds is 5. The number of oxazole rings is 1. The number of aromatic nitrogens is 1. The molecule has 1 saturated heterocycles. The Morgan fingerprint density at radius 1 is 1.14 bits per heavy atom. The van der Waals surface area contributed by atoms with Gasteiger partial charge in [-0.1, -0.05) is 42.5 Å². The van der Waals surface area contributed by atoms with Crippen molar-refractivity contribution >= 4 is 11.9 Å². The minimum Gasteiger partial charge on any atom is -0.497 e. The van der Waals surface area contributed by atoms with E-state index in [4.69, 9.17) is 9.15 Å². The zero-order valence-corrected chi connectivity index (χ0v) is 15.5. The first-order valence-corrected chi connectivity index (χ1v) is 8.80. The fourth-order valence-electron chi connectivity index (χ4n) is 3.22. The van der Waals surface area contributed by atoms with Crippen molar-refractivity contribution in [2.45, 2.75) is 19.0 Å². The molecule has 1 atom stereocenters. The lowest BCUT2D eigenvalue weighted by Gasteiger charge is -2.22. The second kappa shape index (κ2) is 6.84. The van der Waals surface area contributed by atoms with Crippen molar-refractivity contribution in [3.8, 4) is 17.1 Å². The predicted octanol–water partition coefficient (Wildman–Crippen LogP) is 3.32. The van der Waals surface area contributed by atoms with E-state index in [-0.39, 0.29) is 18.3 Å². The van der Waals surface area contributed by atoms with Gasteiger partial charge in [0.15, 0.2) is 5.76 Å². The molecule has 0 radical (unpaired) electrons. The van der Waals surface area contributed by atoms with Gasteiger partial charge in [0.2, 0.25) is 5.89 Å². The molecule has 142 valence electrons. The van der Waals surface area contributed by atoms with Crippen LogP contribution in [-0.2, 0) is 16.9 Å². The van der Waals surface area contributed by atoms with E-state index in [1.807, 2.05) is 30.3 Å². The summed E-state index contributed by atoms with van der Waals surface area (Å²) in [6.07, 6.45) is 1.59. The molecule has 0 unspecified atom stereocenters. The number of nitrogens with zero attached hydrogens (tertiary/aromatic N) is 2. The van der Waals surface area contributed by atoms with Gasteiger partial charge in [-0.15, -0.1) is 0 Å². The van der Waals surface area contributed by atoms with Gasteiger partial charge in [0.1, 0.15) is 17.8 Å². The maximum absolute atomic E-state index is 13.1. The summed E-state index contributed by atoms with van der Waals surface area (Å²) < 4.78 is 11.0. The molecule has 28 heavy (non-hydrogen) atoms. The second-order valence-corrected chi connectivity index (χ2v) is 6.66. The molecule has 7 heteroatoms. The molecule has 4 rings (SSSR count). The number of carbonyl (C=O) groups is 2. The Bertz CT molecular complexity index is 1030. The molecular weight excluding hydrogens is 358 g/mol. The van der Waals surface area contributed by atoms with Crippen LogP contribution < -0.4 is 10.1 Å². The minimum atomic E-state index is -1.18. The molecule has 1 aromatic heterocycles. The van der Waals surface area contributed by atoms with Gasteiger partial charge in [-0.05, 0) is 24.6 Å². The standard InChI is InChI=1S/C21H19N3O4/c1-21(15-9-6-10-16(11-15)27-2)19(25)24(20(26)23-21)13-18-22-12-17(28-18)14-7-4-3-5-8-14/h3-12H,13H2,1-2H3,(H,23,26)/t21-/m1/s1. The number of carbonyl (C=O) groups excluding carboxylic acids is 2. The van der Waals surface area contributed by atoms with Crippen LogP contribution in [0.2, 0.25) is 0 Å². The van der Waals surface area contributed by atoms with Crippen LogP contribution in [0.4, 0.5) is 4.79 Å². The summed E-state index contributed by atoms with van der Waals surface area (Å²) >= 11 is 0. The first kappa shape index (κ1) is 17.8. The fraction of sp³-hybridized carbons (Fsp3) is 0.190. The normalized spacial score (nSPS) is 19.0. The van der Waals surface area contributed by atoms with Crippen molar-refractivity contribution in [1.29, 1.82) is 0 Å². The molecular formula is C21H19N3O4. The summed E-state index contributed by atoms with van der Waals surface area (Å²) in [6, 6.07) is 16.1. The van der Waals surface area contributed by atoms with Gasteiger partial charge in [-0.3, -0.25) is 9.69 Å². The Balaban J connectivity index is 1.57. The van der Waals surface area contributed by atoms with Gasteiger partial charge >= 0.3 is 6.03 Å². The van der Waals surface area contributed by atoms with Crippen molar-refractivity contribution < 1.29 is 18.7 Å². The summed E-state index contributed by atoms with van der Waals surface area (Å²) in [7, 11) is 1.55. The molecule has 0 saturated carbocycles. The summed E-state index contributed by atoms with van der Waals surface area (Å²) in [5.74, 6) is 1.11. The number of benzene rings is 2. The lowest BCUT2D eigenvalue weighted by atomic mass is 9.92. The van der Waals surface area contributed by atoms with E-state index in [0.29, 0.717) is 17.1 Å². The number of amides is 3. The zero-order chi connectivity index (χ0) is 19.7. The lowest BCUT2D eigenvalue weighted by Crippen LogP contribution is -2.40. The van der Waals surface area contributed by atoms with Gasteiger partial charge in [0.05, 0.1) is 13.3 Å². The van der Waals surface area contributed by atoms with E-state index >= 15 is 0 Å². The summed E-state index contributed by atoms with van der Waals surface area (Å²) in [5, 5.41) is 2.77. The van der Waals surface area contributed by atoms with E-state index in [1.165, 1.54) is 0 Å². The van der Waals surface area contributed by atoms with Gasteiger partial charge in [0.25, 0.3) is 5.91 Å². The third-order valence-electron chi connectivity index (χ3n) is 4.83.